The van der Waals surface area contributed by atoms with Gasteiger partial charge in [0.2, 0.25) is 5.91 Å². The first-order chi connectivity index (χ1) is 12.6. The van der Waals surface area contributed by atoms with Crippen LogP contribution in [0.5, 0.6) is 0 Å². The smallest absolute Gasteiger partial charge is 0.339 e. The second kappa shape index (κ2) is 9.79. The molecule has 2 heterocycles. The molecule has 0 unspecified atom stereocenters. The van der Waals surface area contributed by atoms with E-state index in [1.807, 2.05) is 11.0 Å². The van der Waals surface area contributed by atoms with E-state index in [1.54, 1.807) is 11.8 Å². The zero-order valence-electron chi connectivity index (χ0n) is 15.1. The Morgan fingerprint density at radius 1 is 1.12 bits per heavy atom. The third-order valence-electron chi connectivity index (χ3n) is 4.91. The summed E-state index contributed by atoms with van der Waals surface area (Å²) >= 11 is 5.24. The third-order valence-corrected chi connectivity index (χ3v) is 6.64. The van der Waals surface area contributed by atoms with E-state index >= 15 is 0 Å². The number of piperidine rings is 1. The lowest BCUT2D eigenvalue weighted by atomic mass is 10.1. The molecule has 4 nitrogen and oxygen atoms in total. The number of halogens is 1. The summed E-state index contributed by atoms with van der Waals surface area (Å²) in [6.07, 6.45) is 7.70. The number of amides is 1. The van der Waals surface area contributed by atoms with Crippen molar-refractivity contribution in [2.75, 3.05) is 25.4 Å². The Morgan fingerprint density at radius 2 is 1.92 bits per heavy atom. The van der Waals surface area contributed by atoms with Crippen LogP contribution in [0.3, 0.4) is 0 Å². The predicted molar refractivity (Wildman–Crippen MR) is 108 cm³/mol. The largest absolute Gasteiger partial charge is 0.462 e. The zero-order valence-corrected chi connectivity index (χ0v) is 17.5. The molecule has 1 saturated heterocycles. The Labute approximate surface area is 168 Å². The van der Waals surface area contributed by atoms with E-state index in [0.717, 1.165) is 66.7 Å². The highest BCUT2D eigenvalue weighted by Gasteiger charge is 2.21. The number of ether oxygens (including phenoxy) is 1. The molecule has 0 N–H and O–H groups in total. The second-order valence-electron chi connectivity index (χ2n) is 6.93. The van der Waals surface area contributed by atoms with E-state index in [0.29, 0.717) is 18.6 Å². The highest BCUT2D eigenvalue weighted by Crippen LogP contribution is 2.35. The van der Waals surface area contributed by atoms with Crippen LogP contribution in [0.15, 0.2) is 21.5 Å². The van der Waals surface area contributed by atoms with Crippen molar-refractivity contribution in [3.05, 3.63) is 27.7 Å². The molecule has 2 aliphatic heterocycles. The highest BCUT2D eigenvalue weighted by molar-refractivity contribution is 9.10. The molecule has 0 radical (unpaired) electrons. The predicted octanol–water partition coefficient (Wildman–Crippen LogP) is 4.83. The molecular formula is C20H26BrNO3S. The fraction of sp³-hybridized carbons (Fsp3) is 0.600. The normalized spacial score (nSPS) is 16.9. The van der Waals surface area contributed by atoms with Crippen molar-refractivity contribution < 1.29 is 14.3 Å². The first-order valence-electron chi connectivity index (χ1n) is 9.55. The van der Waals surface area contributed by atoms with Crippen molar-refractivity contribution >= 4 is 39.6 Å². The van der Waals surface area contributed by atoms with Gasteiger partial charge in [-0.15, -0.1) is 11.8 Å². The Kier molecular flexibility index (Phi) is 7.43. The van der Waals surface area contributed by atoms with Gasteiger partial charge in [0.25, 0.3) is 0 Å². The number of carbonyl (C=O) groups excluding carboxylic acids is 2. The summed E-state index contributed by atoms with van der Waals surface area (Å²) in [7, 11) is 0. The Hall–Kier alpha value is -1.01. The van der Waals surface area contributed by atoms with Gasteiger partial charge in [-0.3, -0.25) is 4.79 Å². The molecule has 6 heteroatoms. The number of unbranched alkanes of at least 4 members (excludes halogenated alkanes) is 1. The quantitative estimate of drug-likeness (QED) is 0.470. The van der Waals surface area contributed by atoms with Crippen LogP contribution in [0.25, 0.3) is 0 Å². The number of thioether (sulfide) groups is 1. The topological polar surface area (TPSA) is 46.6 Å². The number of nitrogens with zero attached hydrogens (tertiary/aromatic N) is 1. The molecular weight excluding hydrogens is 414 g/mol. The van der Waals surface area contributed by atoms with E-state index in [2.05, 4.69) is 22.0 Å². The summed E-state index contributed by atoms with van der Waals surface area (Å²) in [6, 6.07) is 3.96. The van der Waals surface area contributed by atoms with Gasteiger partial charge in [-0.2, -0.15) is 0 Å². The van der Waals surface area contributed by atoms with Crippen LogP contribution in [0.4, 0.5) is 0 Å². The van der Waals surface area contributed by atoms with Gasteiger partial charge >= 0.3 is 5.97 Å². The van der Waals surface area contributed by atoms with Crippen molar-refractivity contribution in [3.8, 4) is 0 Å². The maximum atomic E-state index is 12.5. The highest BCUT2D eigenvalue weighted by atomic mass is 79.9. The third kappa shape index (κ3) is 5.26. The Balaban J connectivity index is 1.43. The zero-order chi connectivity index (χ0) is 18.4. The molecule has 0 aliphatic carbocycles. The molecule has 26 heavy (non-hydrogen) atoms. The molecule has 1 aromatic rings. The molecule has 142 valence electrons. The fourth-order valence-electron chi connectivity index (χ4n) is 3.52. The van der Waals surface area contributed by atoms with Gasteiger partial charge in [-0.05, 0) is 68.4 Å². The second-order valence-corrected chi connectivity index (χ2v) is 8.95. The summed E-state index contributed by atoms with van der Waals surface area (Å²) in [5.74, 6) is 1.04. The summed E-state index contributed by atoms with van der Waals surface area (Å²) in [5, 5.41) is 0. The molecule has 0 spiro atoms. The minimum atomic E-state index is -0.251. The molecule has 0 saturated carbocycles. The Bertz CT molecular complexity index is 659. The number of fused-ring (bicyclic) bond motifs is 1. The number of carbonyl (C=O) groups is 2. The van der Waals surface area contributed by atoms with E-state index in [1.165, 1.54) is 12.0 Å². The van der Waals surface area contributed by atoms with Crippen LogP contribution in [-0.4, -0.2) is 42.2 Å². The maximum Gasteiger partial charge on any atom is 0.339 e. The molecule has 1 fully saturated rings. The Morgan fingerprint density at radius 3 is 2.73 bits per heavy atom. The summed E-state index contributed by atoms with van der Waals surface area (Å²) in [5.41, 5.74) is 1.90. The van der Waals surface area contributed by atoms with Crippen molar-refractivity contribution in [1.29, 1.82) is 0 Å². The van der Waals surface area contributed by atoms with E-state index in [9.17, 15) is 9.59 Å². The molecule has 1 amide bonds. The first kappa shape index (κ1) is 19.7. The number of hydrogen-bond donors (Lipinski definition) is 0. The lowest BCUT2D eigenvalue weighted by Gasteiger charge is -2.26. The number of hydrogen-bond acceptors (Lipinski definition) is 4. The summed E-state index contributed by atoms with van der Waals surface area (Å²) < 4.78 is 6.41. The van der Waals surface area contributed by atoms with Gasteiger partial charge in [0, 0.05) is 28.9 Å². The summed E-state index contributed by atoms with van der Waals surface area (Å²) in [6.45, 7) is 2.18. The van der Waals surface area contributed by atoms with Gasteiger partial charge in [-0.1, -0.05) is 15.9 Å². The van der Waals surface area contributed by atoms with Gasteiger partial charge < -0.3 is 9.64 Å². The van der Waals surface area contributed by atoms with Gasteiger partial charge in [-0.25, -0.2) is 4.79 Å². The lowest BCUT2D eigenvalue weighted by molar-refractivity contribution is -0.132. The van der Waals surface area contributed by atoms with Crippen LogP contribution >= 0.6 is 27.7 Å². The number of likely N-dealkylation sites (tertiary alicyclic amines) is 1. The number of rotatable bonds is 6. The van der Waals surface area contributed by atoms with E-state index in [-0.39, 0.29) is 11.9 Å². The van der Waals surface area contributed by atoms with Gasteiger partial charge in [0.05, 0.1) is 12.2 Å². The van der Waals surface area contributed by atoms with Crippen molar-refractivity contribution in [2.24, 2.45) is 0 Å². The van der Waals surface area contributed by atoms with Gasteiger partial charge in [0.15, 0.2) is 0 Å². The maximum absolute atomic E-state index is 12.5. The standard InChI is InChI=1S/C20H26BrNO3S/c21-16-13-15-7-6-12-26-19(15)17(14-16)20(24)25-11-5-2-8-18(23)22-9-3-1-4-10-22/h13-14H,1-12H2. The lowest BCUT2D eigenvalue weighted by Crippen LogP contribution is -2.35. The number of esters is 1. The molecule has 0 aromatic heterocycles. The van der Waals surface area contributed by atoms with Crippen molar-refractivity contribution in [2.45, 2.75) is 56.3 Å². The molecule has 0 bridgehead atoms. The van der Waals surface area contributed by atoms with E-state index < -0.39 is 0 Å². The van der Waals surface area contributed by atoms with Crippen molar-refractivity contribution in [1.82, 2.24) is 4.90 Å². The van der Waals surface area contributed by atoms with Crippen LogP contribution in [0, 0.1) is 0 Å². The summed E-state index contributed by atoms with van der Waals surface area (Å²) in [4.78, 5) is 27.7. The van der Waals surface area contributed by atoms with Crippen LogP contribution in [-0.2, 0) is 16.0 Å². The molecule has 1 aromatic carbocycles. The van der Waals surface area contributed by atoms with E-state index in [4.69, 9.17) is 4.74 Å². The van der Waals surface area contributed by atoms with Crippen LogP contribution in [0.2, 0.25) is 0 Å². The minimum Gasteiger partial charge on any atom is -0.462 e. The average Bonchev–Trinajstić information content (AvgIpc) is 2.67. The number of aryl methyl sites for hydroxylation is 1. The van der Waals surface area contributed by atoms with Crippen LogP contribution < -0.4 is 0 Å². The fourth-order valence-corrected chi connectivity index (χ4v) is 5.16. The van der Waals surface area contributed by atoms with Gasteiger partial charge in [0.1, 0.15) is 0 Å². The molecule has 3 rings (SSSR count). The minimum absolute atomic E-state index is 0.244. The monoisotopic (exact) mass is 439 g/mol. The SMILES string of the molecule is O=C(OCCCCC(=O)N1CCCCC1)c1cc(Br)cc2c1SCCC2. The van der Waals surface area contributed by atoms with Crippen molar-refractivity contribution in [3.63, 3.8) is 0 Å². The van der Waals surface area contributed by atoms with Crippen LogP contribution in [0.1, 0.15) is 60.9 Å². The average molecular weight is 440 g/mol. The first-order valence-corrected chi connectivity index (χ1v) is 11.3. The number of benzene rings is 1. The molecule has 0 atom stereocenters. The molecule has 2 aliphatic rings.